The quantitative estimate of drug-likeness (QED) is 0.262. The van der Waals surface area contributed by atoms with Gasteiger partial charge in [0.05, 0.1) is 17.5 Å². The lowest BCUT2D eigenvalue weighted by atomic mass is 10.0. The van der Waals surface area contributed by atoms with Crippen LogP contribution in [-0.2, 0) is 47.0 Å². The van der Waals surface area contributed by atoms with Crippen molar-refractivity contribution in [3.05, 3.63) is 46.9 Å². The minimum absolute atomic E-state index is 0.0808. The Morgan fingerprint density at radius 2 is 1.81 bits per heavy atom. The van der Waals surface area contributed by atoms with Crippen LogP contribution in [0.2, 0.25) is 0 Å². The Bertz CT molecular complexity index is 2110. The van der Waals surface area contributed by atoms with Gasteiger partial charge in [0.15, 0.2) is 5.13 Å². The topological polar surface area (TPSA) is 205 Å². The Morgan fingerprint density at radius 1 is 1.05 bits per heavy atom. The summed E-state index contributed by atoms with van der Waals surface area (Å²) in [5, 5.41) is 11.0. The molecule has 0 bridgehead atoms. The molecule has 1 aromatic heterocycles. The monoisotopic (exact) mass is 853 g/mol. The number of aromatic nitrogens is 1. The summed E-state index contributed by atoms with van der Waals surface area (Å²) in [4.78, 5) is 76.9. The zero-order valence-corrected chi connectivity index (χ0v) is 35.9. The summed E-state index contributed by atoms with van der Waals surface area (Å²) in [7, 11) is -3.92. The number of thiazole rings is 1. The molecule has 16 nitrogen and oxygen atoms in total. The van der Waals surface area contributed by atoms with Crippen LogP contribution < -0.4 is 20.7 Å². The number of hydrogen-bond donors (Lipinski definition) is 4. The average molecular weight is 854 g/mol. The number of benzene rings is 1. The molecule has 5 aliphatic rings. The molecule has 59 heavy (non-hydrogen) atoms. The van der Waals surface area contributed by atoms with E-state index in [1.165, 1.54) is 16.2 Å². The SMILES string of the molecule is CC(C)Nc1nc(-c2ccc3c(c2)CN(C(=O)O[C@@H]2C[C@H]4C(=O)N[C@]5(C(=O)NS(=O)(=O)C6CC6)C[C@H]5/C=C\CCCCC[C@H](NC(=O)OC(C)(C)C)C(=O)N4C2)C3)cs1. The van der Waals surface area contributed by atoms with Gasteiger partial charge in [0.25, 0.3) is 5.91 Å². The molecule has 4 N–H and O–H groups in total. The fraction of sp³-hybridized carbons (Fsp3) is 0.610. The first-order valence-corrected chi connectivity index (χ1v) is 23.0. The van der Waals surface area contributed by atoms with Crippen molar-refractivity contribution < 1.29 is 41.9 Å². The van der Waals surface area contributed by atoms with Crippen molar-refractivity contribution in [1.29, 1.82) is 0 Å². The van der Waals surface area contributed by atoms with E-state index in [0.29, 0.717) is 38.8 Å². The number of fused-ring (bicyclic) bond motifs is 3. The first kappa shape index (κ1) is 42.4. The molecule has 0 radical (unpaired) electrons. The molecule has 0 spiro atoms. The molecular weight excluding hydrogens is 799 g/mol. The van der Waals surface area contributed by atoms with Crippen molar-refractivity contribution in [2.24, 2.45) is 5.92 Å². The van der Waals surface area contributed by atoms with E-state index < -0.39 is 80.4 Å². The number of rotatable bonds is 8. The van der Waals surface area contributed by atoms with Crippen LogP contribution in [0, 0.1) is 5.92 Å². The summed E-state index contributed by atoms with van der Waals surface area (Å²) >= 11 is 1.52. The first-order valence-electron chi connectivity index (χ1n) is 20.6. The van der Waals surface area contributed by atoms with Gasteiger partial charge in [-0.25, -0.2) is 23.0 Å². The Hall–Kier alpha value is -4.71. The predicted molar refractivity (Wildman–Crippen MR) is 220 cm³/mol. The lowest BCUT2D eigenvalue weighted by molar-refractivity contribution is -0.141. The molecule has 4 heterocycles. The third-order valence-corrected chi connectivity index (χ3v) is 13.8. The van der Waals surface area contributed by atoms with E-state index >= 15 is 0 Å². The van der Waals surface area contributed by atoms with Gasteiger partial charge in [0.2, 0.25) is 21.8 Å². The smallest absolute Gasteiger partial charge is 0.410 e. The highest BCUT2D eigenvalue weighted by Crippen LogP contribution is 2.46. The minimum Gasteiger partial charge on any atom is -0.444 e. The summed E-state index contributed by atoms with van der Waals surface area (Å²) in [5.74, 6) is -2.52. The van der Waals surface area contributed by atoms with Crippen molar-refractivity contribution in [3.8, 4) is 11.3 Å². The highest BCUT2D eigenvalue weighted by atomic mass is 32.2. The molecule has 18 heteroatoms. The lowest BCUT2D eigenvalue weighted by Crippen LogP contribution is -2.58. The molecule has 1 aromatic carbocycles. The summed E-state index contributed by atoms with van der Waals surface area (Å²) in [5.41, 5.74) is 1.30. The zero-order chi connectivity index (χ0) is 42.3. The van der Waals surface area contributed by atoms with Gasteiger partial charge in [-0.15, -0.1) is 11.3 Å². The molecule has 0 unspecified atom stereocenters. The Morgan fingerprint density at radius 3 is 2.54 bits per heavy atom. The van der Waals surface area contributed by atoms with E-state index in [9.17, 15) is 32.4 Å². The van der Waals surface area contributed by atoms with Gasteiger partial charge in [-0.1, -0.05) is 37.1 Å². The maximum atomic E-state index is 14.5. The van der Waals surface area contributed by atoms with Gasteiger partial charge in [-0.2, -0.15) is 0 Å². The second kappa shape index (κ2) is 16.7. The molecule has 2 aliphatic carbocycles. The van der Waals surface area contributed by atoms with Crippen molar-refractivity contribution in [2.75, 3.05) is 11.9 Å². The van der Waals surface area contributed by atoms with Crippen LogP contribution in [0.4, 0.5) is 14.7 Å². The Labute approximate surface area is 349 Å². The lowest BCUT2D eigenvalue weighted by Gasteiger charge is -2.30. The van der Waals surface area contributed by atoms with Crippen LogP contribution in [0.15, 0.2) is 35.7 Å². The number of sulfonamides is 1. The summed E-state index contributed by atoms with van der Waals surface area (Å²) in [6.07, 6.45) is 5.52. The van der Waals surface area contributed by atoms with Crippen molar-refractivity contribution >= 4 is 56.4 Å². The summed E-state index contributed by atoms with van der Waals surface area (Å²) in [6.45, 7) is 9.70. The van der Waals surface area contributed by atoms with Crippen LogP contribution in [0.3, 0.4) is 0 Å². The molecule has 2 aromatic rings. The predicted octanol–water partition coefficient (Wildman–Crippen LogP) is 4.95. The third-order valence-electron chi connectivity index (χ3n) is 11.2. The molecular formula is C41H55N7O9S2. The Balaban J connectivity index is 1.10. The number of anilines is 1. The van der Waals surface area contributed by atoms with E-state index in [1.54, 1.807) is 25.7 Å². The van der Waals surface area contributed by atoms with Crippen LogP contribution in [-0.4, -0.2) is 100 Å². The van der Waals surface area contributed by atoms with E-state index in [1.807, 2.05) is 49.6 Å². The zero-order valence-electron chi connectivity index (χ0n) is 34.2. The second-order valence-electron chi connectivity index (χ2n) is 17.6. The number of nitrogens with one attached hydrogen (secondary N) is 4. The first-order chi connectivity index (χ1) is 27.9. The van der Waals surface area contributed by atoms with Crippen LogP contribution >= 0.6 is 11.3 Å². The molecule has 3 fully saturated rings. The number of alkyl carbamates (subject to hydrolysis) is 1. The average Bonchev–Trinajstić information content (AvgIpc) is 3.96. The van der Waals surface area contributed by atoms with Crippen LogP contribution in [0.25, 0.3) is 11.3 Å². The maximum Gasteiger partial charge on any atom is 0.410 e. The van der Waals surface area contributed by atoms with Gasteiger partial charge in [-0.05, 0) is 90.3 Å². The second-order valence-corrected chi connectivity index (χ2v) is 20.5. The van der Waals surface area contributed by atoms with E-state index in [2.05, 4.69) is 20.7 Å². The number of hydrogen-bond acceptors (Lipinski definition) is 12. The largest absolute Gasteiger partial charge is 0.444 e. The normalized spacial score (nSPS) is 26.7. The standard InChI is InChI=1S/C41H55N7O9S2/c1-24(2)42-37-43-32(23-58-37)25-13-14-26-20-47(21-27(26)17-25)39(53)56-29-18-33-34(49)45-41(36(51)46-59(54,55)30-15-16-30)19-28(41)11-9-7-6-8-10-12-31(35(50)48(33)22-29)44-38(52)57-40(3,4)5/h9,11,13-14,17,23-24,28-31,33H,6-8,10,12,15-16,18-22H2,1-5H3,(H,42,43)(H,44,52)(H,45,49)(H,46,51)/b11-9-/t28-,29-,31+,33+,41-/m1/s1. The fourth-order valence-corrected chi connectivity index (χ4v) is 10.1. The number of amides is 5. The van der Waals surface area contributed by atoms with Crippen molar-refractivity contribution in [1.82, 2.24) is 30.1 Å². The molecule has 1 saturated heterocycles. The highest BCUT2D eigenvalue weighted by molar-refractivity contribution is 7.91. The van der Waals surface area contributed by atoms with Crippen LogP contribution in [0.5, 0.6) is 0 Å². The number of allylic oxidation sites excluding steroid dienone is 1. The Kier molecular flexibility index (Phi) is 12.0. The van der Waals surface area contributed by atoms with Crippen molar-refractivity contribution in [2.45, 2.75) is 146 Å². The van der Waals surface area contributed by atoms with E-state index in [0.717, 1.165) is 40.4 Å². The summed E-state index contributed by atoms with van der Waals surface area (Å²) in [6, 6.07) is 3.97. The minimum atomic E-state index is -3.92. The van der Waals surface area contributed by atoms with Crippen molar-refractivity contribution in [3.63, 3.8) is 0 Å². The maximum absolute atomic E-state index is 14.5. The van der Waals surface area contributed by atoms with Gasteiger partial charge in [-0.3, -0.25) is 24.0 Å². The molecule has 320 valence electrons. The number of nitrogens with zero attached hydrogens (tertiary/aromatic N) is 3. The fourth-order valence-electron chi connectivity index (χ4n) is 7.92. The molecule has 5 atom stereocenters. The van der Waals surface area contributed by atoms with Gasteiger partial charge >= 0.3 is 12.2 Å². The number of carbonyl (C=O) groups is 5. The van der Waals surface area contributed by atoms with Gasteiger partial charge in [0.1, 0.15) is 29.3 Å². The highest BCUT2D eigenvalue weighted by Gasteiger charge is 2.62. The third kappa shape index (κ3) is 10.0. The molecule has 3 aliphatic heterocycles. The molecule has 5 amide bonds. The number of carbonyl (C=O) groups excluding carboxylic acids is 5. The van der Waals surface area contributed by atoms with E-state index in [-0.39, 0.29) is 31.8 Å². The van der Waals surface area contributed by atoms with Gasteiger partial charge in [0, 0.05) is 42.4 Å². The number of ether oxygens (including phenoxy) is 2. The van der Waals surface area contributed by atoms with E-state index in [4.69, 9.17) is 14.5 Å². The summed E-state index contributed by atoms with van der Waals surface area (Å²) < 4.78 is 39.4. The van der Waals surface area contributed by atoms with Gasteiger partial charge < -0.3 is 30.3 Å². The van der Waals surface area contributed by atoms with Crippen LogP contribution in [0.1, 0.15) is 104 Å². The molecule has 2 saturated carbocycles. The molecule has 7 rings (SSSR count).